The highest BCUT2D eigenvalue weighted by molar-refractivity contribution is 5.89. The van der Waals surface area contributed by atoms with E-state index in [1.54, 1.807) is 0 Å². The average molecular weight is 430 g/mol. The molecular formula is C18H15F5N4O3. The van der Waals surface area contributed by atoms with Gasteiger partial charge in [-0.05, 0) is 6.07 Å². The van der Waals surface area contributed by atoms with Crippen molar-refractivity contribution in [2.45, 2.75) is 6.18 Å². The molecule has 0 aliphatic heterocycles. The second-order valence-corrected chi connectivity index (χ2v) is 5.98. The van der Waals surface area contributed by atoms with E-state index < -0.39 is 46.3 Å². The third-order valence-corrected chi connectivity index (χ3v) is 3.90. The molecule has 2 amide bonds. The molecule has 3 aromatic rings. The molecule has 160 valence electrons. The number of alkyl halides is 3. The molecule has 0 aliphatic carbocycles. The molecule has 2 heterocycles. The van der Waals surface area contributed by atoms with Crippen molar-refractivity contribution in [2.24, 2.45) is 0 Å². The number of amides is 2. The van der Waals surface area contributed by atoms with Crippen LogP contribution in [0.2, 0.25) is 0 Å². The molecule has 0 aliphatic rings. The quantitative estimate of drug-likeness (QED) is 0.399. The number of fused-ring (bicyclic) bond motifs is 1. The monoisotopic (exact) mass is 430 g/mol. The predicted molar refractivity (Wildman–Crippen MR) is 96.4 cm³/mol. The summed E-state index contributed by atoms with van der Waals surface area (Å²) < 4.78 is 78.3. The third-order valence-electron chi connectivity index (χ3n) is 3.90. The van der Waals surface area contributed by atoms with E-state index in [-0.39, 0.29) is 24.5 Å². The topological polar surface area (TPSA) is 88.3 Å². The molecule has 0 radical (unpaired) electrons. The standard InChI is InChI=1S/C18H15F5N4O3/c1-29-5-4-25-17(28)27-9-6-11(19)15(12(20)7-9)30-13-2-3-24-16-14(13)10(8-26-16)18(21,22)23/h2-3,6-8H,4-5H2,1H3,(H,24,26)(H2,25,27,28). The summed E-state index contributed by atoms with van der Waals surface area (Å²) in [7, 11) is 1.44. The van der Waals surface area contributed by atoms with Crippen LogP contribution in [0.1, 0.15) is 5.56 Å². The van der Waals surface area contributed by atoms with E-state index in [9.17, 15) is 26.7 Å². The minimum Gasteiger partial charge on any atom is -0.450 e. The Hall–Kier alpha value is -3.41. The highest BCUT2D eigenvalue weighted by Crippen LogP contribution is 2.40. The zero-order valence-corrected chi connectivity index (χ0v) is 15.4. The van der Waals surface area contributed by atoms with Crippen molar-refractivity contribution in [1.82, 2.24) is 15.3 Å². The first-order chi connectivity index (χ1) is 14.2. The van der Waals surface area contributed by atoms with Crippen molar-refractivity contribution < 1.29 is 36.2 Å². The summed E-state index contributed by atoms with van der Waals surface area (Å²) >= 11 is 0. The Morgan fingerprint density at radius 2 is 1.93 bits per heavy atom. The smallest absolute Gasteiger partial charge is 0.418 e. The summed E-state index contributed by atoms with van der Waals surface area (Å²) in [5, 5.41) is 4.15. The molecule has 0 saturated carbocycles. The SMILES string of the molecule is COCCNC(=O)Nc1cc(F)c(Oc2ccnc3[nH]cc(C(F)(F)F)c23)c(F)c1. The maximum absolute atomic E-state index is 14.4. The summed E-state index contributed by atoms with van der Waals surface area (Å²) in [6.45, 7) is 0.410. The molecule has 0 unspecified atom stereocenters. The number of pyridine rings is 1. The van der Waals surface area contributed by atoms with Crippen LogP contribution in [-0.2, 0) is 10.9 Å². The van der Waals surface area contributed by atoms with E-state index in [0.29, 0.717) is 6.20 Å². The molecule has 7 nitrogen and oxygen atoms in total. The summed E-state index contributed by atoms with van der Waals surface area (Å²) in [6.07, 6.45) is -2.92. The van der Waals surface area contributed by atoms with Crippen LogP contribution in [0.15, 0.2) is 30.6 Å². The van der Waals surface area contributed by atoms with Gasteiger partial charge in [0.2, 0.25) is 0 Å². The Labute approximate surface area is 166 Å². The van der Waals surface area contributed by atoms with Crippen LogP contribution in [0.3, 0.4) is 0 Å². The lowest BCUT2D eigenvalue weighted by atomic mass is 10.2. The summed E-state index contributed by atoms with van der Waals surface area (Å²) in [6, 6.07) is 1.88. The van der Waals surface area contributed by atoms with Crippen molar-refractivity contribution in [3.8, 4) is 11.5 Å². The zero-order chi connectivity index (χ0) is 21.9. The van der Waals surface area contributed by atoms with Gasteiger partial charge in [0.25, 0.3) is 0 Å². The van der Waals surface area contributed by atoms with Crippen LogP contribution in [0, 0.1) is 11.6 Å². The van der Waals surface area contributed by atoms with Gasteiger partial charge in [-0.2, -0.15) is 13.2 Å². The zero-order valence-electron chi connectivity index (χ0n) is 15.4. The molecule has 0 saturated heterocycles. The van der Waals surface area contributed by atoms with Crippen molar-refractivity contribution in [1.29, 1.82) is 0 Å². The van der Waals surface area contributed by atoms with Gasteiger partial charge in [-0.25, -0.2) is 18.6 Å². The lowest BCUT2D eigenvalue weighted by Gasteiger charge is -2.13. The number of hydrogen-bond donors (Lipinski definition) is 3. The second-order valence-electron chi connectivity index (χ2n) is 5.98. The van der Waals surface area contributed by atoms with Crippen LogP contribution in [0.5, 0.6) is 11.5 Å². The Morgan fingerprint density at radius 1 is 1.23 bits per heavy atom. The number of rotatable bonds is 6. The number of ether oxygens (including phenoxy) is 2. The van der Waals surface area contributed by atoms with Gasteiger partial charge in [-0.15, -0.1) is 0 Å². The Morgan fingerprint density at radius 3 is 2.57 bits per heavy atom. The second kappa shape index (κ2) is 8.53. The number of nitrogens with zero attached hydrogens (tertiary/aromatic N) is 1. The fraction of sp³-hybridized carbons (Fsp3) is 0.222. The first-order valence-corrected chi connectivity index (χ1v) is 8.44. The molecule has 30 heavy (non-hydrogen) atoms. The minimum atomic E-state index is -4.74. The number of hydrogen-bond acceptors (Lipinski definition) is 4. The van der Waals surface area contributed by atoms with Crippen LogP contribution in [0.4, 0.5) is 32.4 Å². The molecule has 0 bridgehead atoms. The Kier molecular flexibility index (Phi) is 6.06. The number of benzene rings is 1. The van der Waals surface area contributed by atoms with Crippen molar-refractivity contribution >= 4 is 22.8 Å². The highest BCUT2D eigenvalue weighted by atomic mass is 19.4. The van der Waals surface area contributed by atoms with Gasteiger partial charge in [-0.1, -0.05) is 0 Å². The molecule has 1 aromatic carbocycles. The number of nitrogens with one attached hydrogen (secondary N) is 3. The first-order valence-electron chi connectivity index (χ1n) is 8.44. The number of carbonyl (C=O) groups is 1. The number of carbonyl (C=O) groups excluding carboxylic acids is 1. The van der Waals surface area contributed by atoms with Gasteiger partial charge < -0.3 is 25.1 Å². The van der Waals surface area contributed by atoms with E-state index in [1.807, 2.05) is 0 Å². The number of urea groups is 1. The number of halogens is 5. The van der Waals surface area contributed by atoms with E-state index in [4.69, 9.17) is 9.47 Å². The van der Waals surface area contributed by atoms with Crippen molar-refractivity contribution in [2.75, 3.05) is 25.6 Å². The lowest BCUT2D eigenvalue weighted by molar-refractivity contribution is -0.136. The van der Waals surface area contributed by atoms with E-state index in [0.717, 1.165) is 24.4 Å². The van der Waals surface area contributed by atoms with Gasteiger partial charge in [0.1, 0.15) is 11.4 Å². The molecule has 0 fully saturated rings. The van der Waals surface area contributed by atoms with Crippen molar-refractivity contribution in [3.05, 3.63) is 47.8 Å². The number of H-pyrrole nitrogens is 1. The molecule has 3 rings (SSSR count). The molecule has 3 N–H and O–H groups in total. The minimum absolute atomic E-state index is 0.161. The van der Waals surface area contributed by atoms with Crippen LogP contribution in [-0.4, -0.2) is 36.3 Å². The van der Waals surface area contributed by atoms with Gasteiger partial charge in [0, 0.05) is 43.9 Å². The molecule has 0 spiro atoms. The summed E-state index contributed by atoms with van der Waals surface area (Å²) in [5.74, 6) is -3.82. The lowest BCUT2D eigenvalue weighted by Crippen LogP contribution is -2.31. The van der Waals surface area contributed by atoms with Crippen LogP contribution in [0.25, 0.3) is 11.0 Å². The van der Waals surface area contributed by atoms with Gasteiger partial charge in [0.05, 0.1) is 17.6 Å². The fourth-order valence-corrected chi connectivity index (χ4v) is 2.62. The maximum Gasteiger partial charge on any atom is 0.418 e. The number of methoxy groups -OCH3 is 1. The van der Waals surface area contributed by atoms with Gasteiger partial charge in [-0.3, -0.25) is 0 Å². The van der Waals surface area contributed by atoms with Crippen LogP contribution >= 0.6 is 0 Å². The summed E-state index contributed by atoms with van der Waals surface area (Å²) in [4.78, 5) is 17.8. The Bertz CT molecular complexity index is 1040. The fourth-order valence-electron chi connectivity index (χ4n) is 2.62. The number of aromatic amines is 1. The van der Waals surface area contributed by atoms with Gasteiger partial charge in [0.15, 0.2) is 17.4 Å². The molecule has 0 atom stereocenters. The predicted octanol–water partition coefficient (Wildman–Crippen LogP) is 4.42. The normalized spacial score (nSPS) is 11.5. The van der Waals surface area contributed by atoms with Crippen molar-refractivity contribution in [3.63, 3.8) is 0 Å². The third kappa shape index (κ3) is 4.59. The number of anilines is 1. The van der Waals surface area contributed by atoms with E-state index >= 15 is 0 Å². The summed E-state index contributed by atoms with van der Waals surface area (Å²) in [5.41, 5.74) is -1.47. The number of aromatic nitrogens is 2. The molecule has 2 aromatic heterocycles. The highest BCUT2D eigenvalue weighted by Gasteiger charge is 2.35. The molecular weight excluding hydrogens is 415 g/mol. The molecule has 12 heteroatoms. The van der Waals surface area contributed by atoms with Gasteiger partial charge >= 0.3 is 12.2 Å². The maximum atomic E-state index is 14.4. The largest absolute Gasteiger partial charge is 0.450 e. The average Bonchev–Trinajstić information content (AvgIpc) is 3.10. The Balaban J connectivity index is 1.88. The van der Waals surface area contributed by atoms with Crippen LogP contribution < -0.4 is 15.4 Å². The first kappa shape index (κ1) is 21.3. The van der Waals surface area contributed by atoms with E-state index in [1.165, 1.54) is 7.11 Å². The van der Waals surface area contributed by atoms with E-state index in [2.05, 4.69) is 20.6 Å².